The highest BCUT2D eigenvalue weighted by atomic mass is 35.5. The van der Waals surface area contributed by atoms with Crippen molar-refractivity contribution in [1.29, 1.82) is 0 Å². The summed E-state index contributed by atoms with van der Waals surface area (Å²) in [6.45, 7) is 6.83. The number of carbonyl (C=O) groups is 2. The summed E-state index contributed by atoms with van der Waals surface area (Å²) in [6, 6.07) is 0.436. The summed E-state index contributed by atoms with van der Waals surface area (Å²) in [7, 11) is 0. The Morgan fingerprint density at radius 2 is 2.00 bits per heavy atom. The standard InChI is InChI=1S/C17H28N2O3.ClH/c1-12(2)8-19(14-5-6-14)15(20)10-18-9-13-4-3-7-17(13,11-18)16(21)22;/h12-14H,3-11H2,1-2H3,(H,21,22);1H/t13-,17+;/m0./s1. The van der Waals surface area contributed by atoms with Gasteiger partial charge in [0.05, 0.1) is 12.0 Å². The van der Waals surface area contributed by atoms with Crippen LogP contribution in [0.1, 0.15) is 46.0 Å². The van der Waals surface area contributed by atoms with Gasteiger partial charge in [-0.15, -0.1) is 12.4 Å². The molecule has 2 atom stereocenters. The number of fused-ring (bicyclic) bond motifs is 1. The van der Waals surface area contributed by atoms with E-state index in [0.717, 1.165) is 45.2 Å². The SMILES string of the molecule is CC(C)CN(C(=O)CN1C[C@@H]2CCC[C@@]2(C(=O)O)C1)C1CC1.Cl. The highest BCUT2D eigenvalue weighted by Gasteiger charge is 2.55. The smallest absolute Gasteiger partial charge is 0.311 e. The molecule has 23 heavy (non-hydrogen) atoms. The number of carboxylic acids is 1. The molecule has 1 aliphatic heterocycles. The number of nitrogens with zero attached hydrogens (tertiary/aromatic N) is 2. The first-order valence-corrected chi connectivity index (χ1v) is 8.67. The first-order chi connectivity index (χ1) is 10.4. The zero-order valence-corrected chi connectivity index (χ0v) is 15.0. The zero-order chi connectivity index (χ0) is 15.9. The molecule has 1 amide bonds. The number of halogens is 1. The summed E-state index contributed by atoms with van der Waals surface area (Å²) < 4.78 is 0. The van der Waals surface area contributed by atoms with Crippen molar-refractivity contribution < 1.29 is 14.7 Å². The predicted octanol–water partition coefficient (Wildman–Crippen LogP) is 2.24. The summed E-state index contributed by atoms with van der Waals surface area (Å²) in [5.41, 5.74) is -0.581. The van der Waals surface area contributed by atoms with Crippen LogP contribution in [0.25, 0.3) is 0 Å². The summed E-state index contributed by atoms with van der Waals surface area (Å²) in [4.78, 5) is 28.5. The Morgan fingerprint density at radius 1 is 1.30 bits per heavy atom. The van der Waals surface area contributed by atoms with E-state index in [1.165, 1.54) is 0 Å². The van der Waals surface area contributed by atoms with Gasteiger partial charge in [0.1, 0.15) is 0 Å². The molecule has 5 nitrogen and oxygen atoms in total. The van der Waals surface area contributed by atoms with Crippen LogP contribution in [0.5, 0.6) is 0 Å². The van der Waals surface area contributed by atoms with Gasteiger partial charge in [-0.1, -0.05) is 20.3 Å². The van der Waals surface area contributed by atoms with E-state index in [-0.39, 0.29) is 24.2 Å². The van der Waals surface area contributed by atoms with Crippen LogP contribution < -0.4 is 0 Å². The molecule has 1 saturated heterocycles. The third-order valence-electron chi connectivity index (χ3n) is 5.60. The Hall–Kier alpha value is -0.810. The molecule has 2 aliphatic carbocycles. The number of carboxylic acid groups (broad SMARTS) is 1. The number of amides is 1. The predicted molar refractivity (Wildman–Crippen MR) is 90.7 cm³/mol. The Kier molecular flexibility index (Phi) is 5.62. The van der Waals surface area contributed by atoms with Gasteiger partial charge >= 0.3 is 5.97 Å². The van der Waals surface area contributed by atoms with Crippen molar-refractivity contribution in [3.63, 3.8) is 0 Å². The maximum atomic E-state index is 12.6. The second-order valence-electron chi connectivity index (χ2n) is 7.89. The van der Waals surface area contributed by atoms with Gasteiger partial charge < -0.3 is 10.0 Å². The number of rotatable bonds is 6. The molecule has 0 aromatic heterocycles. The highest BCUT2D eigenvalue weighted by molar-refractivity contribution is 5.85. The Morgan fingerprint density at radius 3 is 2.52 bits per heavy atom. The van der Waals surface area contributed by atoms with Gasteiger partial charge in [-0.2, -0.15) is 0 Å². The van der Waals surface area contributed by atoms with Crippen LogP contribution in [0.15, 0.2) is 0 Å². The highest BCUT2D eigenvalue weighted by Crippen LogP contribution is 2.48. The second kappa shape index (κ2) is 6.98. The lowest BCUT2D eigenvalue weighted by Crippen LogP contribution is -2.43. The maximum absolute atomic E-state index is 12.6. The van der Waals surface area contributed by atoms with Crippen LogP contribution in [0, 0.1) is 17.3 Å². The molecule has 1 N–H and O–H groups in total. The van der Waals surface area contributed by atoms with Gasteiger partial charge in [-0.05, 0) is 37.5 Å². The van der Waals surface area contributed by atoms with Crippen molar-refractivity contribution in [2.75, 3.05) is 26.2 Å². The number of hydrogen-bond donors (Lipinski definition) is 1. The summed E-state index contributed by atoms with van der Waals surface area (Å²) in [6.07, 6.45) is 5.03. The lowest BCUT2D eigenvalue weighted by atomic mass is 9.81. The van der Waals surface area contributed by atoms with Crippen LogP contribution in [0.4, 0.5) is 0 Å². The van der Waals surface area contributed by atoms with Crippen LogP contribution in [0.2, 0.25) is 0 Å². The number of likely N-dealkylation sites (tertiary alicyclic amines) is 1. The lowest BCUT2D eigenvalue weighted by molar-refractivity contribution is -0.149. The quantitative estimate of drug-likeness (QED) is 0.802. The van der Waals surface area contributed by atoms with Crippen LogP contribution >= 0.6 is 12.4 Å². The fourth-order valence-corrected chi connectivity index (χ4v) is 4.38. The molecular weight excluding hydrogens is 316 g/mol. The van der Waals surface area contributed by atoms with Gasteiger partial charge in [0, 0.05) is 25.7 Å². The van der Waals surface area contributed by atoms with Gasteiger partial charge in [-0.25, -0.2) is 0 Å². The molecule has 3 rings (SSSR count). The molecule has 0 spiro atoms. The average Bonchev–Trinajstić information content (AvgIpc) is 3.08. The normalized spacial score (nSPS) is 30.1. The van der Waals surface area contributed by atoms with Crippen molar-refractivity contribution in [1.82, 2.24) is 9.80 Å². The van der Waals surface area contributed by atoms with Crippen molar-refractivity contribution in [3.05, 3.63) is 0 Å². The monoisotopic (exact) mass is 344 g/mol. The second-order valence-corrected chi connectivity index (χ2v) is 7.89. The van der Waals surface area contributed by atoms with E-state index in [2.05, 4.69) is 18.7 Å². The summed E-state index contributed by atoms with van der Waals surface area (Å²) in [5, 5.41) is 9.63. The number of carbonyl (C=O) groups excluding carboxylic acids is 1. The largest absolute Gasteiger partial charge is 0.481 e. The van der Waals surface area contributed by atoms with E-state index >= 15 is 0 Å². The van der Waals surface area contributed by atoms with Gasteiger partial charge in [-0.3, -0.25) is 14.5 Å². The van der Waals surface area contributed by atoms with Crippen molar-refractivity contribution in [2.24, 2.45) is 17.3 Å². The van der Waals surface area contributed by atoms with E-state index in [0.29, 0.717) is 25.0 Å². The maximum Gasteiger partial charge on any atom is 0.311 e. The van der Waals surface area contributed by atoms with E-state index in [1.54, 1.807) is 0 Å². The molecule has 0 aromatic carbocycles. The number of aliphatic carboxylic acids is 1. The Bertz CT molecular complexity index is 467. The molecule has 6 heteroatoms. The molecule has 0 aromatic rings. The van der Waals surface area contributed by atoms with Crippen LogP contribution in [-0.2, 0) is 9.59 Å². The minimum absolute atomic E-state index is 0. The van der Waals surface area contributed by atoms with E-state index in [9.17, 15) is 14.7 Å². The van der Waals surface area contributed by atoms with Crippen molar-refractivity contribution in [3.8, 4) is 0 Å². The molecule has 0 bridgehead atoms. The Labute approximate surface area is 144 Å². The van der Waals surface area contributed by atoms with E-state index in [1.807, 2.05) is 4.90 Å². The first kappa shape index (κ1) is 18.5. The molecule has 3 fully saturated rings. The van der Waals surface area contributed by atoms with Crippen molar-refractivity contribution >= 4 is 24.3 Å². The lowest BCUT2D eigenvalue weighted by Gasteiger charge is -2.28. The zero-order valence-electron chi connectivity index (χ0n) is 14.2. The fraction of sp³-hybridized carbons (Fsp3) is 0.882. The minimum Gasteiger partial charge on any atom is -0.481 e. The molecule has 3 aliphatic rings. The third kappa shape index (κ3) is 3.66. The molecule has 2 saturated carbocycles. The van der Waals surface area contributed by atoms with Gasteiger partial charge in [0.15, 0.2) is 0 Å². The van der Waals surface area contributed by atoms with Gasteiger partial charge in [0.25, 0.3) is 0 Å². The van der Waals surface area contributed by atoms with E-state index < -0.39 is 11.4 Å². The molecular formula is C17H29ClN2O3. The molecule has 0 unspecified atom stereocenters. The summed E-state index contributed by atoms with van der Waals surface area (Å²) in [5.74, 6) is 0.244. The summed E-state index contributed by atoms with van der Waals surface area (Å²) >= 11 is 0. The fourth-order valence-electron chi connectivity index (χ4n) is 4.38. The number of hydrogen-bond acceptors (Lipinski definition) is 3. The molecule has 0 radical (unpaired) electrons. The molecule has 132 valence electrons. The van der Waals surface area contributed by atoms with Crippen LogP contribution in [-0.4, -0.2) is 59.0 Å². The third-order valence-corrected chi connectivity index (χ3v) is 5.60. The Balaban J connectivity index is 0.00000192. The molecule has 1 heterocycles. The van der Waals surface area contributed by atoms with Gasteiger partial charge in [0.2, 0.25) is 5.91 Å². The van der Waals surface area contributed by atoms with Crippen molar-refractivity contribution in [2.45, 2.75) is 52.0 Å². The van der Waals surface area contributed by atoms with E-state index in [4.69, 9.17) is 0 Å². The first-order valence-electron chi connectivity index (χ1n) is 8.67. The van der Waals surface area contributed by atoms with Crippen LogP contribution in [0.3, 0.4) is 0 Å². The minimum atomic E-state index is -0.661. The topological polar surface area (TPSA) is 60.9 Å². The average molecular weight is 345 g/mol.